The second kappa shape index (κ2) is 9.56. The molecule has 4 aromatic rings. The third-order valence-corrected chi connectivity index (χ3v) is 7.14. The number of aryl methyl sites for hydroxylation is 1. The van der Waals surface area contributed by atoms with Crippen LogP contribution in [0, 0.1) is 11.3 Å². The lowest BCUT2D eigenvalue weighted by Gasteiger charge is -2.34. The number of carbonyl (C=O) groups excluding carboxylic acids is 1. The van der Waals surface area contributed by atoms with Crippen molar-refractivity contribution in [2.24, 2.45) is 7.05 Å². The van der Waals surface area contributed by atoms with Gasteiger partial charge < -0.3 is 24.1 Å². The van der Waals surface area contributed by atoms with Crippen molar-refractivity contribution in [1.29, 1.82) is 5.26 Å². The van der Waals surface area contributed by atoms with Crippen LogP contribution >= 0.6 is 0 Å². The fourth-order valence-corrected chi connectivity index (χ4v) is 5.32. The van der Waals surface area contributed by atoms with Crippen molar-refractivity contribution in [3.05, 3.63) is 71.2 Å². The topological polar surface area (TPSA) is 111 Å². The van der Waals surface area contributed by atoms with Crippen LogP contribution in [0.4, 0.5) is 5.82 Å². The van der Waals surface area contributed by atoms with Crippen molar-refractivity contribution >= 4 is 22.6 Å². The van der Waals surface area contributed by atoms with Gasteiger partial charge in [0.25, 0.3) is 0 Å². The maximum absolute atomic E-state index is 11.7. The van der Waals surface area contributed by atoms with Gasteiger partial charge in [0.05, 0.1) is 47.9 Å². The first-order valence-corrected chi connectivity index (χ1v) is 12.6. The molecule has 1 atom stereocenters. The number of anilines is 1. The average Bonchev–Trinajstić information content (AvgIpc) is 3.52. The quantitative estimate of drug-likeness (QED) is 0.428. The number of benzene rings is 1. The van der Waals surface area contributed by atoms with Crippen LogP contribution in [-0.2, 0) is 39.9 Å². The van der Waals surface area contributed by atoms with E-state index in [0.29, 0.717) is 44.2 Å². The molecule has 0 bridgehead atoms. The van der Waals surface area contributed by atoms with Gasteiger partial charge in [-0.25, -0.2) is 9.97 Å². The molecule has 1 aromatic carbocycles. The molecule has 1 fully saturated rings. The maximum atomic E-state index is 11.7. The average molecular weight is 510 g/mol. The molecule has 1 N–H and O–H groups in total. The lowest BCUT2D eigenvalue weighted by Crippen LogP contribution is -2.37. The lowest BCUT2D eigenvalue weighted by molar-refractivity contribution is -0.114. The minimum Gasteiger partial charge on any atom is -0.488 e. The first kappa shape index (κ1) is 24.1. The monoisotopic (exact) mass is 509 g/mol. The van der Waals surface area contributed by atoms with E-state index in [1.54, 1.807) is 12.3 Å². The Kier molecular flexibility index (Phi) is 6.06. The van der Waals surface area contributed by atoms with Gasteiger partial charge in [0, 0.05) is 62.2 Å². The van der Waals surface area contributed by atoms with Crippen molar-refractivity contribution in [3.8, 4) is 23.1 Å². The molecule has 1 amide bonds. The summed E-state index contributed by atoms with van der Waals surface area (Å²) in [7, 11) is 1.96. The number of carbonyl (C=O) groups is 1. The van der Waals surface area contributed by atoms with E-state index in [-0.39, 0.29) is 5.91 Å². The van der Waals surface area contributed by atoms with Gasteiger partial charge in [-0.15, -0.1) is 0 Å². The number of fused-ring (bicyclic) bond motifs is 3. The van der Waals surface area contributed by atoms with Crippen LogP contribution in [0.5, 0.6) is 5.75 Å². The summed E-state index contributed by atoms with van der Waals surface area (Å²) >= 11 is 0. The number of pyridine rings is 2. The fourth-order valence-electron chi connectivity index (χ4n) is 5.32. The van der Waals surface area contributed by atoms with E-state index >= 15 is 0 Å². The second-order valence-electron chi connectivity index (χ2n) is 9.75. The van der Waals surface area contributed by atoms with Crippen LogP contribution in [-0.4, -0.2) is 40.3 Å². The highest BCUT2D eigenvalue weighted by molar-refractivity contribution is 5.98. The third kappa shape index (κ3) is 4.28. The van der Waals surface area contributed by atoms with Crippen molar-refractivity contribution < 1.29 is 19.0 Å². The van der Waals surface area contributed by atoms with Gasteiger partial charge in [0.15, 0.2) is 0 Å². The predicted octanol–water partition coefficient (Wildman–Crippen LogP) is 4.23. The Bertz CT molecular complexity index is 1600. The number of nitrogens with zero attached hydrogens (tertiary/aromatic N) is 4. The van der Waals surface area contributed by atoms with E-state index in [1.807, 2.05) is 48.1 Å². The third-order valence-electron chi connectivity index (χ3n) is 7.14. The highest BCUT2D eigenvalue weighted by Crippen LogP contribution is 2.44. The normalized spacial score (nSPS) is 18.3. The molecule has 0 aliphatic carbocycles. The largest absolute Gasteiger partial charge is 0.488 e. The molecule has 2 aliphatic rings. The number of ether oxygens (including phenoxy) is 3. The summed E-state index contributed by atoms with van der Waals surface area (Å²) in [5.74, 6) is 1.04. The molecule has 9 nitrogen and oxygen atoms in total. The summed E-state index contributed by atoms with van der Waals surface area (Å²) in [5.41, 5.74) is 5.35. The molecule has 1 unspecified atom stereocenters. The summed E-state index contributed by atoms with van der Waals surface area (Å²) in [5, 5.41) is 13.0. The zero-order chi connectivity index (χ0) is 26.3. The van der Waals surface area contributed by atoms with Gasteiger partial charge in [-0.2, -0.15) is 5.26 Å². The Morgan fingerprint density at radius 2 is 2.18 bits per heavy atom. The Morgan fingerprint density at radius 1 is 1.29 bits per heavy atom. The molecular weight excluding hydrogens is 482 g/mol. The van der Waals surface area contributed by atoms with Crippen molar-refractivity contribution in [2.45, 2.75) is 32.0 Å². The molecule has 192 valence electrons. The molecular formula is C29H27N5O4. The van der Waals surface area contributed by atoms with E-state index in [1.165, 1.54) is 6.92 Å². The Labute approximate surface area is 220 Å². The first-order valence-electron chi connectivity index (χ1n) is 12.6. The summed E-state index contributed by atoms with van der Waals surface area (Å²) in [4.78, 5) is 21.2. The van der Waals surface area contributed by atoms with Crippen molar-refractivity contribution in [3.63, 3.8) is 0 Å². The van der Waals surface area contributed by atoms with Crippen molar-refractivity contribution in [2.75, 3.05) is 25.1 Å². The second-order valence-corrected chi connectivity index (χ2v) is 9.75. The molecule has 1 spiro atoms. The molecule has 2 aliphatic heterocycles. The molecule has 1 saturated heterocycles. The molecule has 9 heteroatoms. The van der Waals surface area contributed by atoms with Gasteiger partial charge in [-0.1, -0.05) is 12.1 Å². The van der Waals surface area contributed by atoms with Crippen LogP contribution in [0.3, 0.4) is 0 Å². The fraction of sp³-hybridized carbons (Fsp3) is 0.310. The smallest absolute Gasteiger partial charge is 0.222 e. The standard InChI is InChI=1S/C29H27N5O4/c1-18(35)32-27-11-22-23(15-34(2)25(22)14-31-27)24-12-26(37-16-20-5-3-4-19(10-20)13-30)21-6-8-38-29(28(21)33-24)7-9-36-17-29/h3-5,10-12,14-15H,6-9,16-17H2,1-2H3,(H,31,32,35). The molecule has 38 heavy (non-hydrogen) atoms. The number of aromatic nitrogens is 3. The van der Waals surface area contributed by atoms with E-state index in [4.69, 9.17) is 19.2 Å². The molecule has 3 aromatic heterocycles. The summed E-state index contributed by atoms with van der Waals surface area (Å²) < 4.78 is 20.5. The van der Waals surface area contributed by atoms with Gasteiger partial charge in [-0.3, -0.25) is 4.79 Å². The number of rotatable bonds is 5. The van der Waals surface area contributed by atoms with Gasteiger partial charge >= 0.3 is 0 Å². The summed E-state index contributed by atoms with van der Waals surface area (Å²) in [6.45, 7) is 3.41. The Morgan fingerprint density at radius 3 is 2.97 bits per heavy atom. The minimum absolute atomic E-state index is 0.183. The van der Waals surface area contributed by atoms with Crippen LogP contribution in [0.2, 0.25) is 0 Å². The van der Waals surface area contributed by atoms with Gasteiger partial charge in [-0.05, 0) is 23.8 Å². The van der Waals surface area contributed by atoms with Crippen LogP contribution in [0.1, 0.15) is 35.7 Å². The summed E-state index contributed by atoms with van der Waals surface area (Å²) in [6.07, 6.45) is 5.17. The van der Waals surface area contributed by atoms with E-state index in [0.717, 1.165) is 51.2 Å². The Hall–Kier alpha value is -4.26. The number of nitrogens with one attached hydrogen (secondary N) is 1. The lowest BCUT2D eigenvalue weighted by atomic mass is 9.89. The number of nitriles is 1. The van der Waals surface area contributed by atoms with Gasteiger partial charge in [0.2, 0.25) is 5.91 Å². The zero-order valence-electron chi connectivity index (χ0n) is 21.3. The van der Waals surface area contributed by atoms with Crippen LogP contribution in [0.25, 0.3) is 22.2 Å². The molecule has 0 saturated carbocycles. The predicted molar refractivity (Wildman–Crippen MR) is 141 cm³/mol. The number of amides is 1. The van der Waals surface area contributed by atoms with E-state index < -0.39 is 5.60 Å². The number of hydrogen-bond donors (Lipinski definition) is 1. The van der Waals surface area contributed by atoms with Crippen LogP contribution < -0.4 is 10.1 Å². The zero-order valence-corrected chi connectivity index (χ0v) is 21.3. The SMILES string of the molecule is CC(=O)Nc1cc2c(-c3cc(OCc4cccc(C#N)c4)c4c(n3)C3(CCOC3)OCC4)cn(C)c2cn1. The van der Waals surface area contributed by atoms with E-state index in [2.05, 4.69) is 16.4 Å². The first-order chi connectivity index (χ1) is 18.5. The highest BCUT2D eigenvalue weighted by Gasteiger charge is 2.44. The van der Waals surface area contributed by atoms with Crippen LogP contribution in [0.15, 0.2) is 48.8 Å². The molecule has 6 rings (SSSR count). The molecule has 5 heterocycles. The maximum Gasteiger partial charge on any atom is 0.222 e. The van der Waals surface area contributed by atoms with Gasteiger partial charge in [0.1, 0.15) is 23.8 Å². The highest BCUT2D eigenvalue weighted by atomic mass is 16.6. The molecule has 0 radical (unpaired) electrons. The Balaban J connectivity index is 1.48. The number of hydrogen-bond acceptors (Lipinski definition) is 7. The summed E-state index contributed by atoms with van der Waals surface area (Å²) in [6, 6.07) is 13.5. The van der Waals surface area contributed by atoms with Crippen molar-refractivity contribution in [1.82, 2.24) is 14.5 Å². The van der Waals surface area contributed by atoms with E-state index in [9.17, 15) is 10.1 Å². The minimum atomic E-state index is -0.601.